The normalized spacial score (nSPS) is 13.9. The van der Waals surface area contributed by atoms with Crippen LogP contribution in [0, 0.1) is 0 Å². The van der Waals surface area contributed by atoms with Crippen LogP contribution in [-0.2, 0) is 35.2 Å². The number of aliphatic carboxylic acids is 2. The van der Waals surface area contributed by atoms with Gasteiger partial charge in [-0.1, -0.05) is 12.1 Å². The van der Waals surface area contributed by atoms with Gasteiger partial charge in [0.25, 0.3) is 0 Å². The minimum Gasteiger partial charge on any atom is -0.508 e. The largest absolute Gasteiger partial charge is 0.508 e. The van der Waals surface area contributed by atoms with E-state index in [1.807, 2.05) is 0 Å². The number of carboxylic acid groups (broad SMARTS) is 2. The predicted octanol–water partition coefficient (Wildman–Crippen LogP) is -3.47. The van der Waals surface area contributed by atoms with Crippen molar-refractivity contribution in [2.24, 2.45) is 11.5 Å². The molecule has 0 saturated carbocycles. The predicted molar refractivity (Wildman–Crippen MR) is 121 cm³/mol. The molecule has 0 fully saturated rings. The molecular formula is C21H29N5O10. The van der Waals surface area contributed by atoms with Crippen molar-refractivity contribution < 1.29 is 49.2 Å². The molecule has 4 unspecified atom stereocenters. The van der Waals surface area contributed by atoms with Crippen molar-refractivity contribution in [3.8, 4) is 5.75 Å². The smallest absolute Gasteiger partial charge is 0.326 e. The van der Waals surface area contributed by atoms with Crippen LogP contribution >= 0.6 is 0 Å². The summed E-state index contributed by atoms with van der Waals surface area (Å²) >= 11 is 0. The third-order valence-corrected chi connectivity index (χ3v) is 4.84. The molecule has 0 aliphatic rings. The van der Waals surface area contributed by atoms with Gasteiger partial charge in [-0.25, -0.2) is 4.79 Å². The number of benzene rings is 1. The highest BCUT2D eigenvalue weighted by Crippen LogP contribution is 2.12. The van der Waals surface area contributed by atoms with Crippen molar-refractivity contribution in [1.29, 1.82) is 0 Å². The Labute approximate surface area is 204 Å². The van der Waals surface area contributed by atoms with Crippen LogP contribution in [0.1, 0.15) is 24.8 Å². The number of rotatable bonds is 15. The average Bonchev–Trinajstić information content (AvgIpc) is 2.80. The first-order chi connectivity index (χ1) is 16.8. The number of primary amides is 1. The van der Waals surface area contributed by atoms with Crippen molar-refractivity contribution in [3.63, 3.8) is 0 Å². The lowest BCUT2D eigenvalue weighted by atomic mass is 10.0. The Morgan fingerprint density at radius 2 is 1.36 bits per heavy atom. The minimum absolute atomic E-state index is 0.0524. The van der Waals surface area contributed by atoms with Crippen LogP contribution in [0.5, 0.6) is 5.75 Å². The van der Waals surface area contributed by atoms with Crippen molar-refractivity contribution in [3.05, 3.63) is 29.8 Å². The van der Waals surface area contributed by atoms with E-state index in [1.54, 1.807) is 0 Å². The topological polar surface area (TPSA) is 271 Å². The van der Waals surface area contributed by atoms with Gasteiger partial charge in [-0.3, -0.25) is 24.0 Å². The molecular weight excluding hydrogens is 482 g/mol. The van der Waals surface area contributed by atoms with E-state index in [0.717, 1.165) is 0 Å². The number of carbonyl (C=O) groups excluding carboxylic acids is 4. The van der Waals surface area contributed by atoms with E-state index in [0.29, 0.717) is 5.56 Å². The fraction of sp³-hybridized carbons (Fsp3) is 0.429. The summed E-state index contributed by atoms with van der Waals surface area (Å²) in [5, 5.41) is 43.2. The number of carbonyl (C=O) groups is 6. The molecule has 0 radical (unpaired) electrons. The Morgan fingerprint density at radius 1 is 0.833 bits per heavy atom. The van der Waals surface area contributed by atoms with Gasteiger partial charge in [0.05, 0.1) is 13.0 Å². The number of nitrogens with one attached hydrogen (secondary N) is 3. The van der Waals surface area contributed by atoms with E-state index in [2.05, 4.69) is 16.0 Å². The molecule has 36 heavy (non-hydrogen) atoms. The third-order valence-electron chi connectivity index (χ3n) is 4.84. The van der Waals surface area contributed by atoms with E-state index in [-0.39, 0.29) is 12.2 Å². The molecule has 0 saturated heterocycles. The molecule has 15 nitrogen and oxygen atoms in total. The summed E-state index contributed by atoms with van der Waals surface area (Å²) in [4.78, 5) is 71.6. The van der Waals surface area contributed by atoms with Gasteiger partial charge in [-0.15, -0.1) is 0 Å². The zero-order valence-electron chi connectivity index (χ0n) is 19.0. The molecule has 1 aromatic rings. The summed E-state index contributed by atoms with van der Waals surface area (Å²) in [6, 6.07) is -0.555. The second-order valence-electron chi connectivity index (χ2n) is 7.78. The van der Waals surface area contributed by atoms with Crippen LogP contribution in [0.15, 0.2) is 24.3 Å². The van der Waals surface area contributed by atoms with E-state index in [9.17, 15) is 39.0 Å². The Kier molecular flexibility index (Phi) is 11.8. The highest BCUT2D eigenvalue weighted by molar-refractivity contribution is 5.96. The Morgan fingerprint density at radius 3 is 1.86 bits per heavy atom. The van der Waals surface area contributed by atoms with E-state index in [1.165, 1.54) is 24.3 Å². The number of amides is 4. The Bertz CT molecular complexity index is 968. The van der Waals surface area contributed by atoms with Crippen LogP contribution in [0.25, 0.3) is 0 Å². The van der Waals surface area contributed by atoms with Gasteiger partial charge in [0, 0.05) is 12.8 Å². The maximum absolute atomic E-state index is 12.8. The summed E-state index contributed by atoms with van der Waals surface area (Å²) in [6.45, 7) is -0.760. The first-order valence-corrected chi connectivity index (χ1v) is 10.6. The van der Waals surface area contributed by atoms with Gasteiger partial charge in [-0.2, -0.15) is 0 Å². The lowest BCUT2D eigenvalue weighted by molar-refractivity contribution is -0.142. The second-order valence-corrected chi connectivity index (χ2v) is 7.78. The van der Waals surface area contributed by atoms with Crippen LogP contribution < -0.4 is 27.4 Å². The second kappa shape index (κ2) is 14.2. The van der Waals surface area contributed by atoms with Crippen molar-refractivity contribution in [2.45, 2.75) is 49.9 Å². The maximum Gasteiger partial charge on any atom is 0.326 e. The Balaban J connectivity index is 3.03. The summed E-state index contributed by atoms with van der Waals surface area (Å²) in [5.41, 5.74) is 11.0. The zero-order chi connectivity index (χ0) is 27.4. The quantitative estimate of drug-likeness (QED) is 0.112. The number of hydrogen-bond acceptors (Lipinski definition) is 9. The lowest BCUT2D eigenvalue weighted by Crippen LogP contribution is -2.58. The molecule has 0 aromatic heterocycles. The summed E-state index contributed by atoms with van der Waals surface area (Å²) in [6.07, 6.45) is -1.92. The molecule has 0 heterocycles. The van der Waals surface area contributed by atoms with Crippen LogP contribution in [0.4, 0.5) is 0 Å². The van der Waals surface area contributed by atoms with Gasteiger partial charge in [0.2, 0.25) is 23.6 Å². The van der Waals surface area contributed by atoms with Crippen LogP contribution in [0.2, 0.25) is 0 Å². The number of aliphatic hydroxyl groups is 1. The average molecular weight is 511 g/mol. The number of aromatic hydroxyl groups is 1. The van der Waals surface area contributed by atoms with Gasteiger partial charge in [0.15, 0.2) is 0 Å². The van der Waals surface area contributed by atoms with Gasteiger partial charge in [-0.05, 0) is 24.1 Å². The molecule has 11 N–H and O–H groups in total. The summed E-state index contributed by atoms with van der Waals surface area (Å²) < 4.78 is 0. The third kappa shape index (κ3) is 10.4. The fourth-order valence-electron chi connectivity index (χ4n) is 2.92. The van der Waals surface area contributed by atoms with E-state index < -0.39 is 85.6 Å². The maximum atomic E-state index is 12.8. The number of aliphatic hydroxyl groups excluding tert-OH is 1. The number of phenolic OH excluding ortho intramolecular Hbond substituents is 1. The molecule has 1 aromatic carbocycles. The summed E-state index contributed by atoms with van der Waals surface area (Å²) in [5.74, 6) is -6.91. The SMILES string of the molecule is NC(=O)CC(NC(=O)C(CCC(=O)O)NC(=O)C(N)CO)C(=O)NC(Cc1ccc(O)cc1)C(=O)O. The first kappa shape index (κ1) is 29.8. The molecule has 4 atom stereocenters. The van der Waals surface area contributed by atoms with Crippen molar-refractivity contribution >= 4 is 35.6 Å². The van der Waals surface area contributed by atoms with Gasteiger partial charge >= 0.3 is 11.9 Å². The summed E-state index contributed by atoms with van der Waals surface area (Å²) in [7, 11) is 0. The number of hydrogen-bond donors (Lipinski definition) is 9. The standard InChI is InChI=1S/C21H29N5O10/c22-12(9-27)18(32)24-13(5-6-17(30)31)19(33)25-14(8-16(23)29)20(34)26-15(21(35)36)7-10-1-3-11(28)4-2-10/h1-4,12-15,27-28H,5-9,22H2,(H2,23,29)(H,24,32)(H,25,33)(H,26,34)(H,30,31)(H,35,36). The first-order valence-electron chi connectivity index (χ1n) is 10.6. The number of carboxylic acids is 2. The minimum atomic E-state index is -1.66. The number of phenols is 1. The lowest BCUT2D eigenvalue weighted by Gasteiger charge is -2.24. The molecule has 15 heteroatoms. The van der Waals surface area contributed by atoms with Crippen LogP contribution in [0.3, 0.4) is 0 Å². The van der Waals surface area contributed by atoms with Crippen LogP contribution in [-0.4, -0.2) is 86.8 Å². The molecule has 0 aliphatic heterocycles. The van der Waals surface area contributed by atoms with E-state index >= 15 is 0 Å². The highest BCUT2D eigenvalue weighted by atomic mass is 16.4. The van der Waals surface area contributed by atoms with E-state index in [4.69, 9.17) is 21.7 Å². The molecule has 4 amide bonds. The Hall–Kier alpha value is -4.24. The van der Waals surface area contributed by atoms with Crippen molar-refractivity contribution in [2.75, 3.05) is 6.61 Å². The monoisotopic (exact) mass is 511 g/mol. The molecule has 0 aliphatic carbocycles. The molecule has 1 rings (SSSR count). The molecule has 0 bridgehead atoms. The van der Waals surface area contributed by atoms with Crippen molar-refractivity contribution in [1.82, 2.24) is 16.0 Å². The fourth-order valence-corrected chi connectivity index (χ4v) is 2.92. The molecule has 0 spiro atoms. The van der Waals surface area contributed by atoms with Gasteiger partial charge < -0.3 is 47.8 Å². The molecule has 198 valence electrons. The zero-order valence-corrected chi connectivity index (χ0v) is 19.0. The highest BCUT2D eigenvalue weighted by Gasteiger charge is 2.31. The van der Waals surface area contributed by atoms with Gasteiger partial charge in [0.1, 0.15) is 29.9 Å². The number of nitrogens with two attached hydrogens (primary N) is 2.